The van der Waals surface area contributed by atoms with Crippen molar-refractivity contribution in [1.82, 2.24) is 15.4 Å². The summed E-state index contributed by atoms with van der Waals surface area (Å²) in [4.78, 5) is 2.53. The molecule has 1 unspecified atom stereocenters. The number of hydrogen-bond donors (Lipinski definition) is 1. The molecule has 0 bridgehead atoms. The maximum absolute atomic E-state index is 5.38. The van der Waals surface area contributed by atoms with E-state index in [0.29, 0.717) is 11.8 Å². The standard InChI is InChI=1S/C16H23N3O2/c1-17-8-7-14-5-2-3-9-19(14)12-13-11-16(21-18-13)15-6-4-10-20-15/h4,6,10-11,14,17H,2-3,5,7-9,12H2,1H3. The monoisotopic (exact) mass is 289 g/mol. The van der Waals surface area contributed by atoms with Gasteiger partial charge in [-0.2, -0.15) is 0 Å². The summed E-state index contributed by atoms with van der Waals surface area (Å²) in [5, 5.41) is 7.44. The Morgan fingerprint density at radius 2 is 2.33 bits per heavy atom. The van der Waals surface area contributed by atoms with Crippen LogP contribution in [0.15, 0.2) is 33.4 Å². The molecule has 2 aromatic heterocycles. The van der Waals surface area contributed by atoms with Crippen molar-refractivity contribution < 1.29 is 8.94 Å². The van der Waals surface area contributed by atoms with Crippen molar-refractivity contribution in [2.75, 3.05) is 20.1 Å². The molecule has 5 nitrogen and oxygen atoms in total. The third-order valence-corrected chi connectivity index (χ3v) is 4.16. The number of rotatable bonds is 6. The van der Waals surface area contributed by atoms with Gasteiger partial charge in [-0.25, -0.2) is 0 Å². The first-order chi connectivity index (χ1) is 10.4. The lowest BCUT2D eigenvalue weighted by Gasteiger charge is -2.35. The third kappa shape index (κ3) is 3.54. The smallest absolute Gasteiger partial charge is 0.202 e. The average molecular weight is 289 g/mol. The van der Waals surface area contributed by atoms with Gasteiger partial charge in [0.05, 0.1) is 12.0 Å². The summed E-state index contributed by atoms with van der Waals surface area (Å²) < 4.78 is 10.7. The molecular formula is C16H23N3O2. The molecule has 114 valence electrons. The normalized spacial score (nSPS) is 20.0. The van der Waals surface area contributed by atoms with Crippen molar-refractivity contribution in [1.29, 1.82) is 0 Å². The summed E-state index contributed by atoms with van der Waals surface area (Å²) in [6.07, 6.45) is 6.74. The quantitative estimate of drug-likeness (QED) is 0.886. The van der Waals surface area contributed by atoms with Crippen LogP contribution < -0.4 is 5.32 Å². The predicted octanol–water partition coefficient (Wildman–Crippen LogP) is 2.90. The van der Waals surface area contributed by atoms with Gasteiger partial charge in [-0.05, 0) is 51.5 Å². The van der Waals surface area contributed by atoms with E-state index in [-0.39, 0.29) is 0 Å². The number of hydrogen-bond acceptors (Lipinski definition) is 5. The van der Waals surface area contributed by atoms with Gasteiger partial charge in [0.2, 0.25) is 5.76 Å². The van der Waals surface area contributed by atoms with E-state index < -0.39 is 0 Å². The van der Waals surface area contributed by atoms with Gasteiger partial charge in [0.25, 0.3) is 0 Å². The van der Waals surface area contributed by atoms with Gasteiger partial charge >= 0.3 is 0 Å². The molecule has 1 atom stereocenters. The van der Waals surface area contributed by atoms with E-state index in [4.69, 9.17) is 8.94 Å². The van der Waals surface area contributed by atoms with Gasteiger partial charge in [0, 0.05) is 18.7 Å². The Hall–Kier alpha value is -1.59. The van der Waals surface area contributed by atoms with E-state index in [1.54, 1.807) is 6.26 Å². The zero-order chi connectivity index (χ0) is 14.5. The molecule has 5 heteroatoms. The summed E-state index contributed by atoms with van der Waals surface area (Å²) >= 11 is 0. The van der Waals surface area contributed by atoms with Crippen molar-refractivity contribution in [3.63, 3.8) is 0 Å². The molecule has 0 saturated carbocycles. The Balaban J connectivity index is 1.64. The van der Waals surface area contributed by atoms with Gasteiger partial charge in [-0.3, -0.25) is 4.90 Å². The molecule has 1 fully saturated rings. The van der Waals surface area contributed by atoms with Gasteiger partial charge in [-0.15, -0.1) is 0 Å². The number of aromatic nitrogens is 1. The molecule has 0 spiro atoms. The van der Waals surface area contributed by atoms with Crippen LogP contribution in [0.3, 0.4) is 0 Å². The predicted molar refractivity (Wildman–Crippen MR) is 80.8 cm³/mol. The molecule has 1 aliphatic heterocycles. The topological polar surface area (TPSA) is 54.4 Å². The van der Waals surface area contributed by atoms with Gasteiger partial charge in [-0.1, -0.05) is 11.6 Å². The minimum atomic E-state index is 0.648. The van der Waals surface area contributed by atoms with Crippen LogP contribution in [0.25, 0.3) is 11.5 Å². The zero-order valence-electron chi connectivity index (χ0n) is 12.5. The molecule has 0 radical (unpaired) electrons. The molecule has 21 heavy (non-hydrogen) atoms. The second-order valence-electron chi connectivity index (χ2n) is 5.67. The molecule has 0 amide bonds. The fraction of sp³-hybridized carbons (Fsp3) is 0.562. The van der Waals surface area contributed by atoms with Crippen molar-refractivity contribution in [2.45, 2.75) is 38.3 Å². The van der Waals surface area contributed by atoms with Crippen molar-refractivity contribution in [3.05, 3.63) is 30.2 Å². The van der Waals surface area contributed by atoms with E-state index in [1.807, 2.05) is 25.2 Å². The molecule has 1 aliphatic rings. The van der Waals surface area contributed by atoms with Crippen LogP contribution in [0.2, 0.25) is 0 Å². The van der Waals surface area contributed by atoms with Crippen molar-refractivity contribution >= 4 is 0 Å². The third-order valence-electron chi connectivity index (χ3n) is 4.16. The summed E-state index contributed by atoms with van der Waals surface area (Å²) in [7, 11) is 2.01. The number of furan rings is 1. The lowest BCUT2D eigenvalue weighted by atomic mass is 9.99. The molecule has 2 aromatic rings. The highest BCUT2D eigenvalue weighted by molar-refractivity contribution is 5.49. The maximum atomic E-state index is 5.38. The zero-order valence-corrected chi connectivity index (χ0v) is 12.5. The summed E-state index contributed by atoms with van der Waals surface area (Å²) in [5.74, 6) is 1.44. The minimum absolute atomic E-state index is 0.648. The van der Waals surface area contributed by atoms with Crippen LogP contribution >= 0.6 is 0 Å². The number of piperidine rings is 1. The van der Waals surface area contributed by atoms with Crippen molar-refractivity contribution in [2.24, 2.45) is 0 Å². The molecule has 1 saturated heterocycles. The van der Waals surface area contributed by atoms with Crippen LogP contribution in [0.5, 0.6) is 0 Å². The lowest BCUT2D eigenvalue weighted by Crippen LogP contribution is -2.40. The number of nitrogens with one attached hydrogen (secondary N) is 1. The summed E-state index contributed by atoms with van der Waals surface area (Å²) in [6, 6.07) is 6.38. The van der Waals surface area contributed by atoms with Crippen molar-refractivity contribution in [3.8, 4) is 11.5 Å². The van der Waals surface area contributed by atoms with Crippen LogP contribution in [0, 0.1) is 0 Å². The van der Waals surface area contributed by atoms with E-state index in [2.05, 4.69) is 15.4 Å². The summed E-state index contributed by atoms with van der Waals surface area (Å²) in [6.45, 7) is 3.08. The second kappa shape index (κ2) is 6.91. The Bertz CT molecular complexity index is 535. The largest absolute Gasteiger partial charge is 0.461 e. The number of likely N-dealkylation sites (tertiary alicyclic amines) is 1. The second-order valence-corrected chi connectivity index (χ2v) is 5.67. The Morgan fingerprint density at radius 3 is 3.14 bits per heavy atom. The van der Waals surface area contributed by atoms with Gasteiger partial charge in [0.15, 0.2) is 5.76 Å². The lowest BCUT2D eigenvalue weighted by molar-refractivity contribution is 0.129. The SMILES string of the molecule is CNCCC1CCCCN1Cc1cc(-c2ccco2)on1. The highest BCUT2D eigenvalue weighted by atomic mass is 16.5. The van der Waals surface area contributed by atoms with E-state index in [1.165, 1.54) is 25.7 Å². The Kier molecular flexibility index (Phi) is 4.72. The van der Waals surface area contributed by atoms with Gasteiger partial charge in [0.1, 0.15) is 0 Å². The first-order valence-electron chi connectivity index (χ1n) is 7.75. The fourth-order valence-electron chi connectivity index (χ4n) is 3.04. The first-order valence-corrected chi connectivity index (χ1v) is 7.75. The molecular weight excluding hydrogens is 266 g/mol. The summed E-state index contributed by atoms with van der Waals surface area (Å²) in [5.41, 5.74) is 0.984. The first kappa shape index (κ1) is 14.4. The van der Waals surface area contributed by atoms with Gasteiger partial charge < -0.3 is 14.3 Å². The molecule has 3 rings (SSSR count). The fourth-order valence-corrected chi connectivity index (χ4v) is 3.04. The van der Waals surface area contributed by atoms with E-state index >= 15 is 0 Å². The van der Waals surface area contributed by atoms with Crippen LogP contribution in [0.4, 0.5) is 0 Å². The number of nitrogens with zero attached hydrogens (tertiary/aromatic N) is 2. The molecule has 0 aliphatic carbocycles. The van der Waals surface area contributed by atoms with Crippen LogP contribution in [0.1, 0.15) is 31.4 Å². The molecule has 3 heterocycles. The maximum Gasteiger partial charge on any atom is 0.202 e. The molecule has 0 aromatic carbocycles. The molecule has 1 N–H and O–H groups in total. The Labute approximate surface area is 125 Å². The van der Waals surface area contributed by atoms with Crippen LogP contribution in [-0.2, 0) is 6.54 Å². The Morgan fingerprint density at radius 1 is 1.38 bits per heavy atom. The van der Waals surface area contributed by atoms with E-state index in [9.17, 15) is 0 Å². The van der Waals surface area contributed by atoms with E-state index in [0.717, 1.165) is 31.1 Å². The highest BCUT2D eigenvalue weighted by Gasteiger charge is 2.23. The minimum Gasteiger partial charge on any atom is -0.461 e. The average Bonchev–Trinajstić information content (AvgIpc) is 3.17. The van der Waals surface area contributed by atoms with Crippen LogP contribution in [-0.4, -0.2) is 36.2 Å². The highest BCUT2D eigenvalue weighted by Crippen LogP contribution is 2.24.